The van der Waals surface area contributed by atoms with Crippen molar-refractivity contribution in [3.8, 4) is 0 Å². The molecule has 1 N–H and O–H groups in total. The summed E-state index contributed by atoms with van der Waals surface area (Å²) in [6.07, 6.45) is 34.9. The van der Waals surface area contributed by atoms with Crippen LogP contribution >= 0.6 is 0 Å². The van der Waals surface area contributed by atoms with Crippen LogP contribution in [0.3, 0.4) is 0 Å². The third-order valence-corrected chi connectivity index (χ3v) is 4.05. The van der Waals surface area contributed by atoms with E-state index in [0.29, 0.717) is 0 Å². The molecule has 0 saturated carbocycles. The lowest BCUT2D eigenvalue weighted by molar-refractivity contribution is 0.723. The van der Waals surface area contributed by atoms with Crippen molar-refractivity contribution >= 4 is 0 Å². The Morgan fingerprint density at radius 1 is 0.760 bits per heavy atom. The van der Waals surface area contributed by atoms with E-state index in [-0.39, 0.29) is 0 Å². The Bertz CT molecular complexity index is 492. The number of allylic oxidation sites excluding steroid dienone is 8. The molecule has 0 unspecified atom stereocenters. The zero-order chi connectivity index (χ0) is 17.8. The molecule has 0 aliphatic heterocycles. The third-order valence-electron chi connectivity index (χ3n) is 4.05. The molecule has 0 radical (unpaired) electrons. The van der Waals surface area contributed by atoms with Gasteiger partial charge in [-0.3, -0.25) is 0 Å². The van der Waals surface area contributed by atoms with E-state index in [0.717, 1.165) is 31.5 Å². The van der Waals surface area contributed by atoms with Crippen LogP contribution in [0.4, 0.5) is 0 Å². The van der Waals surface area contributed by atoms with Crippen molar-refractivity contribution in [2.24, 2.45) is 0 Å². The number of aromatic nitrogens is 2. The van der Waals surface area contributed by atoms with Gasteiger partial charge in [-0.25, -0.2) is 4.98 Å². The van der Waals surface area contributed by atoms with Crippen molar-refractivity contribution in [1.29, 1.82) is 0 Å². The van der Waals surface area contributed by atoms with Crippen molar-refractivity contribution in [2.45, 2.75) is 77.6 Å². The summed E-state index contributed by atoms with van der Waals surface area (Å²) in [5.74, 6) is 1.10. The first-order chi connectivity index (χ1) is 12.4. The number of hydrogen-bond acceptors (Lipinski definition) is 1. The van der Waals surface area contributed by atoms with E-state index in [9.17, 15) is 0 Å². The smallest absolute Gasteiger partial charge is 0.105 e. The predicted octanol–water partition coefficient (Wildman–Crippen LogP) is 7.10. The highest BCUT2D eigenvalue weighted by Crippen LogP contribution is 2.03. The highest BCUT2D eigenvalue weighted by Gasteiger charge is 1.92. The Hall–Kier alpha value is -1.83. The van der Waals surface area contributed by atoms with Crippen LogP contribution in [0.2, 0.25) is 0 Å². The summed E-state index contributed by atoms with van der Waals surface area (Å²) < 4.78 is 0. The van der Waals surface area contributed by atoms with E-state index in [4.69, 9.17) is 0 Å². The fourth-order valence-electron chi connectivity index (χ4n) is 2.55. The molecule has 0 atom stereocenters. The maximum atomic E-state index is 4.24. The van der Waals surface area contributed by atoms with Crippen LogP contribution in [0.15, 0.2) is 61.0 Å². The first-order valence-electron chi connectivity index (χ1n) is 10.0. The second-order valence-corrected chi connectivity index (χ2v) is 6.37. The van der Waals surface area contributed by atoms with Gasteiger partial charge in [-0.05, 0) is 51.4 Å². The van der Waals surface area contributed by atoms with Crippen LogP contribution in [0, 0.1) is 0 Å². The van der Waals surface area contributed by atoms with Crippen molar-refractivity contribution in [3.05, 3.63) is 66.8 Å². The molecular weight excluding hydrogens is 304 g/mol. The van der Waals surface area contributed by atoms with E-state index < -0.39 is 0 Å². The van der Waals surface area contributed by atoms with Gasteiger partial charge in [0.05, 0.1) is 0 Å². The number of aromatic amines is 1. The van der Waals surface area contributed by atoms with Crippen molar-refractivity contribution in [3.63, 3.8) is 0 Å². The summed E-state index contributed by atoms with van der Waals surface area (Å²) in [4.78, 5) is 7.38. The molecule has 0 aliphatic rings. The first kappa shape index (κ1) is 21.2. The number of nitrogens with zero attached hydrogens (tertiary/aromatic N) is 1. The highest BCUT2D eigenvalue weighted by molar-refractivity contribution is 4.99. The van der Waals surface area contributed by atoms with Gasteiger partial charge in [-0.1, -0.05) is 68.4 Å². The van der Waals surface area contributed by atoms with Gasteiger partial charge in [0.15, 0.2) is 0 Å². The molecule has 1 rings (SSSR count). The maximum absolute atomic E-state index is 4.24. The van der Waals surface area contributed by atoms with Crippen LogP contribution < -0.4 is 0 Å². The van der Waals surface area contributed by atoms with Crippen molar-refractivity contribution < 1.29 is 0 Å². The van der Waals surface area contributed by atoms with Gasteiger partial charge in [0.2, 0.25) is 0 Å². The van der Waals surface area contributed by atoms with Crippen LogP contribution in [0.25, 0.3) is 0 Å². The van der Waals surface area contributed by atoms with Gasteiger partial charge in [-0.2, -0.15) is 0 Å². The predicted molar refractivity (Wildman–Crippen MR) is 111 cm³/mol. The van der Waals surface area contributed by atoms with Gasteiger partial charge in [0.1, 0.15) is 5.82 Å². The Kier molecular flexibility index (Phi) is 14.4. The Morgan fingerprint density at radius 3 is 1.84 bits per heavy atom. The van der Waals surface area contributed by atoms with Crippen LogP contribution in [-0.2, 0) is 6.42 Å². The number of rotatable bonds is 15. The Morgan fingerprint density at radius 2 is 1.32 bits per heavy atom. The molecular formula is C23H36N2. The number of hydrogen-bond donors (Lipinski definition) is 1. The molecule has 138 valence electrons. The summed E-state index contributed by atoms with van der Waals surface area (Å²) in [5.41, 5.74) is 0. The van der Waals surface area contributed by atoms with Crippen LogP contribution in [-0.4, -0.2) is 9.97 Å². The molecule has 2 heteroatoms. The van der Waals surface area contributed by atoms with Gasteiger partial charge < -0.3 is 4.98 Å². The van der Waals surface area contributed by atoms with E-state index >= 15 is 0 Å². The minimum absolute atomic E-state index is 1.04. The molecule has 0 amide bonds. The van der Waals surface area contributed by atoms with E-state index in [2.05, 4.69) is 65.5 Å². The Balaban J connectivity index is 1.87. The summed E-state index contributed by atoms with van der Waals surface area (Å²) in [7, 11) is 0. The second-order valence-electron chi connectivity index (χ2n) is 6.37. The van der Waals surface area contributed by atoms with Gasteiger partial charge in [0.25, 0.3) is 0 Å². The summed E-state index contributed by atoms with van der Waals surface area (Å²) >= 11 is 0. The molecule has 1 aromatic rings. The molecule has 0 aliphatic carbocycles. The van der Waals surface area contributed by atoms with E-state index in [1.54, 1.807) is 0 Å². The largest absolute Gasteiger partial charge is 0.349 e. The highest BCUT2D eigenvalue weighted by atomic mass is 14.9. The minimum atomic E-state index is 1.04. The lowest BCUT2D eigenvalue weighted by Crippen LogP contribution is -1.87. The fourth-order valence-corrected chi connectivity index (χ4v) is 2.55. The zero-order valence-electron chi connectivity index (χ0n) is 16.0. The lowest BCUT2D eigenvalue weighted by Gasteiger charge is -1.95. The van der Waals surface area contributed by atoms with E-state index in [1.807, 2.05) is 12.4 Å². The Labute approximate surface area is 154 Å². The summed E-state index contributed by atoms with van der Waals surface area (Å²) in [5, 5.41) is 0. The molecule has 0 fully saturated rings. The lowest BCUT2D eigenvalue weighted by atomic mass is 10.1. The molecule has 25 heavy (non-hydrogen) atoms. The number of nitrogens with one attached hydrogen (secondary N) is 1. The molecule has 0 spiro atoms. The molecule has 1 aromatic heterocycles. The SMILES string of the molecule is CCCCC/C=C\C/C=C\C/C=C\C/C=C\CCCCc1ncc[nH]1. The number of aryl methyl sites for hydroxylation is 1. The fraction of sp³-hybridized carbons (Fsp3) is 0.522. The van der Waals surface area contributed by atoms with Gasteiger partial charge in [0, 0.05) is 18.8 Å². The minimum Gasteiger partial charge on any atom is -0.349 e. The van der Waals surface area contributed by atoms with E-state index in [1.165, 1.54) is 44.9 Å². The summed E-state index contributed by atoms with van der Waals surface area (Å²) in [6, 6.07) is 0. The first-order valence-corrected chi connectivity index (χ1v) is 10.0. The van der Waals surface area contributed by atoms with Crippen molar-refractivity contribution in [2.75, 3.05) is 0 Å². The third kappa shape index (κ3) is 14.2. The zero-order valence-corrected chi connectivity index (χ0v) is 16.0. The average Bonchev–Trinajstić information content (AvgIpc) is 3.14. The van der Waals surface area contributed by atoms with Gasteiger partial charge >= 0.3 is 0 Å². The quantitative estimate of drug-likeness (QED) is 0.268. The molecule has 0 saturated heterocycles. The van der Waals surface area contributed by atoms with Gasteiger partial charge in [-0.15, -0.1) is 0 Å². The van der Waals surface area contributed by atoms with Crippen LogP contribution in [0.1, 0.15) is 77.0 Å². The topological polar surface area (TPSA) is 28.7 Å². The molecule has 2 nitrogen and oxygen atoms in total. The number of H-pyrrole nitrogens is 1. The maximum Gasteiger partial charge on any atom is 0.105 e. The summed E-state index contributed by atoms with van der Waals surface area (Å²) in [6.45, 7) is 2.25. The number of unbranched alkanes of at least 4 members (excludes halogenated alkanes) is 5. The normalized spacial score (nSPS) is 12.5. The number of imidazole rings is 1. The average molecular weight is 341 g/mol. The standard InChI is InChI=1S/C23H36N2/c1-2-3-4-5-6-7-8-9-10-11-12-13-14-15-16-17-18-19-20-23-24-21-22-25-23/h6-7,9-10,12-13,15-16,21-22H,2-5,8,11,14,17-20H2,1H3,(H,24,25)/b7-6-,10-9-,13-12-,16-15-. The molecule has 0 bridgehead atoms. The van der Waals surface area contributed by atoms with Crippen LogP contribution in [0.5, 0.6) is 0 Å². The molecule has 1 heterocycles. The monoisotopic (exact) mass is 340 g/mol. The molecule has 0 aromatic carbocycles. The second kappa shape index (κ2) is 17.0. The van der Waals surface area contributed by atoms with Crippen molar-refractivity contribution in [1.82, 2.24) is 9.97 Å².